The minimum absolute atomic E-state index is 0.0151. The summed E-state index contributed by atoms with van der Waals surface area (Å²) in [5, 5.41) is 3.35. The van der Waals surface area contributed by atoms with E-state index >= 15 is 0 Å². The highest BCUT2D eigenvalue weighted by molar-refractivity contribution is 9.10. The number of methoxy groups -OCH3 is 1. The van der Waals surface area contributed by atoms with Gasteiger partial charge in [0.2, 0.25) is 6.79 Å². The van der Waals surface area contributed by atoms with Crippen molar-refractivity contribution in [2.75, 3.05) is 13.9 Å². The number of fused-ring (bicyclic) bond motifs is 1. The van der Waals surface area contributed by atoms with Crippen LogP contribution in [0, 0.1) is 0 Å². The molecule has 3 aliphatic rings. The van der Waals surface area contributed by atoms with E-state index in [1.54, 1.807) is 0 Å². The van der Waals surface area contributed by atoms with E-state index in [1.165, 1.54) is 7.11 Å². The number of nitrogens with one attached hydrogen (secondary N) is 1. The molecule has 0 aromatic heterocycles. The lowest BCUT2D eigenvalue weighted by molar-refractivity contribution is -0.136. The molecule has 0 saturated heterocycles. The maximum Gasteiger partial charge on any atom is 0.336 e. The molecule has 0 fully saturated rings. The van der Waals surface area contributed by atoms with Gasteiger partial charge in [-0.3, -0.25) is 4.79 Å². The molecule has 0 spiro atoms. The molecule has 2 aromatic carbocycles. The van der Waals surface area contributed by atoms with Crippen molar-refractivity contribution >= 4 is 27.7 Å². The van der Waals surface area contributed by atoms with Gasteiger partial charge in [0.15, 0.2) is 17.3 Å². The van der Waals surface area contributed by atoms with Crippen molar-refractivity contribution < 1.29 is 23.8 Å². The highest BCUT2D eigenvalue weighted by Crippen LogP contribution is 2.46. The van der Waals surface area contributed by atoms with Gasteiger partial charge in [0.1, 0.15) is 0 Å². The number of dihydropyridines is 1. The molecule has 32 heavy (non-hydrogen) atoms. The Morgan fingerprint density at radius 2 is 1.78 bits per heavy atom. The molecule has 1 N–H and O–H groups in total. The van der Waals surface area contributed by atoms with Crippen LogP contribution in [-0.2, 0) is 14.3 Å². The number of hydrogen-bond donors (Lipinski definition) is 1. The number of ether oxygens (including phenoxy) is 3. The first-order valence-electron chi connectivity index (χ1n) is 10.4. The molecule has 0 saturated carbocycles. The lowest BCUT2D eigenvalue weighted by Gasteiger charge is -2.36. The Morgan fingerprint density at radius 3 is 2.53 bits per heavy atom. The highest BCUT2D eigenvalue weighted by atomic mass is 79.9. The molecule has 1 aliphatic carbocycles. The summed E-state index contributed by atoms with van der Waals surface area (Å²) in [6.07, 6.45) is 1.03. The predicted octanol–water partition coefficient (Wildman–Crippen LogP) is 4.71. The van der Waals surface area contributed by atoms with Gasteiger partial charge in [-0.25, -0.2) is 4.79 Å². The zero-order valence-corrected chi connectivity index (χ0v) is 19.3. The average Bonchev–Trinajstić information content (AvgIpc) is 3.26. The first-order chi connectivity index (χ1) is 15.5. The normalized spacial score (nSPS) is 21.9. The summed E-state index contributed by atoms with van der Waals surface area (Å²) in [6.45, 7) is 2.07. The maximum atomic E-state index is 13.5. The third kappa shape index (κ3) is 3.50. The van der Waals surface area contributed by atoms with Gasteiger partial charge < -0.3 is 19.5 Å². The summed E-state index contributed by atoms with van der Waals surface area (Å²) in [6, 6.07) is 13.6. The summed E-state index contributed by atoms with van der Waals surface area (Å²) in [5.41, 5.74) is 4.62. The average molecular weight is 496 g/mol. The Morgan fingerprint density at radius 1 is 1.06 bits per heavy atom. The number of carbonyl (C=O) groups excluding carboxylic acids is 2. The number of hydrogen-bond acceptors (Lipinski definition) is 6. The maximum absolute atomic E-state index is 13.5. The largest absolute Gasteiger partial charge is 0.466 e. The van der Waals surface area contributed by atoms with Crippen LogP contribution < -0.4 is 14.8 Å². The van der Waals surface area contributed by atoms with Crippen LogP contribution in [0.4, 0.5) is 0 Å². The lowest BCUT2D eigenvalue weighted by atomic mass is 9.71. The fraction of sp³-hybridized carbons (Fsp3) is 0.280. The molecular formula is C25H22BrNO5. The van der Waals surface area contributed by atoms with Crippen LogP contribution in [0.15, 0.2) is 69.5 Å². The zero-order chi connectivity index (χ0) is 22.4. The zero-order valence-electron chi connectivity index (χ0n) is 17.7. The fourth-order valence-corrected chi connectivity index (χ4v) is 5.08. The SMILES string of the molecule is COC(=O)C1=C(C)NC2=C(C(=O)C[C@H](c3ccc4c(c3)OCO4)C2)[C@H]1c1ccc(Br)cc1. The molecule has 7 heteroatoms. The van der Waals surface area contributed by atoms with Crippen LogP contribution >= 0.6 is 15.9 Å². The monoisotopic (exact) mass is 495 g/mol. The fourth-order valence-electron chi connectivity index (χ4n) is 4.81. The molecule has 2 atom stereocenters. The van der Waals surface area contributed by atoms with Gasteiger partial charge in [0.05, 0.1) is 12.7 Å². The van der Waals surface area contributed by atoms with Crippen LogP contribution in [0.3, 0.4) is 0 Å². The quantitative estimate of drug-likeness (QED) is 0.621. The van der Waals surface area contributed by atoms with Crippen molar-refractivity contribution in [3.05, 3.63) is 80.6 Å². The van der Waals surface area contributed by atoms with Gasteiger partial charge in [-0.2, -0.15) is 0 Å². The second-order valence-corrected chi connectivity index (χ2v) is 9.09. The van der Waals surface area contributed by atoms with Crippen molar-refractivity contribution in [2.45, 2.75) is 31.6 Å². The van der Waals surface area contributed by atoms with E-state index < -0.39 is 11.9 Å². The van der Waals surface area contributed by atoms with Crippen LogP contribution in [0.25, 0.3) is 0 Å². The summed E-state index contributed by atoms with van der Waals surface area (Å²) in [4.78, 5) is 26.2. The number of benzene rings is 2. The van der Waals surface area contributed by atoms with Crippen molar-refractivity contribution in [3.63, 3.8) is 0 Å². The minimum atomic E-state index is -0.461. The Hall–Kier alpha value is -3.06. The van der Waals surface area contributed by atoms with E-state index in [2.05, 4.69) is 21.2 Å². The first kappa shape index (κ1) is 20.8. The van der Waals surface area contributed by atoms with E-state index in [4.69, 9.17) is 14.2 Å². The highest BCUT2D eigenvalue weighted by Gasteiger charge is 2.41. The standard InChI is InChI=1S/C25H22BrNO5/c1-13-22(25(29)30-2)23(14-3-6-17(26)7-4-14)24-18(27-13)9-16(10-19(24)28)15-5-8-20-21(11-15)32-12-31-20/h3-8,11,16,23,27H,9-10,12H2,1-2H3/t16-,23+/m1/s1. The van der Waals surface area contributed by atoms with Crippen LogP contribution in [0.2, 0.25) is 0 Å². The van der Waals surface area contributed by atoms with Crippen LogP contribution in [-0.4, -0.2) is 25.7 Å². The van der Waals surface area contributed by atoms with Crippen molar-refractivity contribution in [2.24, 2.45) is 0 Å². The summed E-state index contributed by atoms with van der Waals surface area (Å²) in [5.74, 6) is 0.591. The number of ketones is 1. The van der Waals surface area contributed by atoms with E-state index in [1.807, 2.05) is 49.4 Å². The number of esters is 1. The number of allylic oxidation sites excluding steroid dienone is 3. The van der Waals surface area contributed by atoms with E-state index in [-0.39, 0.29) is 18.5 Å². The summed E-state index contributed by atoms with van der Waals surface area (Å²) in [7, 11) is 1.36. The van der Waals surface area contributed by atoms with Gasteiger partial charge in [-0.1, -0.05) is 34.1 Å². The van der Waals surface area contributed by atoms with Gasteiger partial charge in [-0.05, 0) is 54.7 Å². The van der Waals surface area contributed by atoms with Crippen LogP contribution in [0.1, 0.15) is 42.7 Å². The van der Waals surface area contributed by atoms with E-state index in [0.717, 1.165) is 27.0 Å². The smallest absolute Gasteiger partial charge is 0.336 e. The van der Waals surface area contributed by atoms with Gasteiger partial charge in [0, 0.05) is 33.8 Å². The number of halogens is 1. The lowest BCUT2D eigenvalue weighted by Crippen LogP contribution is -2.36. The second-order valence-electron chi connectivity index (χ2n) is 8.17. The Labute approximate surface area is 194 Å². The van der Waals surface area contributed by atoms with E-state index in [9.17, 15) is 9.59 Å². The van der Waals surface area contributed by atoms with Gasteiger partial charge >= 0.3 is 5.97 Å². The predicted molar refractivity (Wildman–Crippen MR) is 121 cm³/mol. The van der Waals surface area contributed by atoms with Crippen molar-refractivity contribution in [1.82, 2.24) is 5.32 Å². The molecule has 5 rings (SSSR count). The third-order valence-electron chi connectivity index (χ3n) is 6.30. The molecule has 2 aliphatic heterocycles. The van der Waals surface area contributed by atoms with E-state index in [0.29, 0.717) is 35.4 Å². The Balaban J connectivity index is 1.56. The van der Waals surface area contributed by atoms with Gasteiger partial charge in [-0.15, -0.1) is 0 Å². The first-order valence-corrected chi connectivity index (χ1v) is 11.2. The molecule has 0 unspecified atom stereocenters. The van der Waals surface area contributed by atoms with Crippen LogP contribution in [0.5, 0.6) is 11.5 Å². The second kappa shape index (κ2) is 8.13. The molecule has 2 aromatic rings. The van der Waals surface area contributed by atoms with Crippen molar-refractivity contribution in [1.29, 1.82) is 0 Å². The number of rotatable bonds is 3. The molecule has 0 bridgehead atoms. The molecule has 6 nitrogen and oxygen atoms in total. The number of carbonyl (C=O) groups is 2. The summed E-state index contributed by atoms with van der Waals surface area (Å²) >= 11 is 3.46. The Bertz CT molecular complexity index is 1180. The molecule has 0 amide bonds. The minimum Gasteiger partial charge on any atom is -0.466 e. The summed E-state index contributed by atoms with van der Waals surface area (Å²) < 4.78 is 16.9. The molecular weight excluding hydrogens is 474 g/mol. The van der Waals surface area contributed by atoms with Crippen molar-refractivity contribution in [3.8, 4) is 11.5 Å². The molecule has 164 valence electrons. The molecule has 0 radical (unpaired) electrons. The Kier molecular flexibility index (Phi) is 5.29. The number of Topliss-reactive ketones (excluding diaryl/α,β-unsaturated/α-hetero) is 1. The molecule has 2 heterocycles. The topological polar surface area (TPSA) is 73.9 Å². The third-order valence-corrected chi connectivity index (χ3v) is 6.83. The van der Waals surface area contributed by atoms with Gasteiger partial charge in [0.25, 0.3) is 0 Å².